The zero-order valence-corrected chi connectivity index (χ0v) is 15.7. The number of hydrogen-bond donors (Lipinski definition) is 1. The van der Waals surface area contributed by atoms with Crippen molar-refractivity contribution in [1.82, 2.24) is 9.55 Å². The Hall–Kier alpha value is -3.41. The van der Waals surface area contributed by atoms with Crippen LogP contribution in [0.4, 0.5) is 5.69 Å². The summed E-state index contributed by atoms with van der Waals surface area (Å²) in [5.41, 5.74) is 2.52. The van der Waals surface area contributed by atoms with Gasteiger partial charge in [0.15, 0.2) is 5.92 Å². The third-order valence-corrected chi connectivity index (χ3v) is 4.27. The molecule has 3 aromatic rings. The van der Waals surface area contributed by atoms with Gasteiger partial charge in [-0.1, -0.05) is 55.5 Å². The number of nitrogens with zero attached hydrogens (tertiary/aromatic N) is 2. The summed E-state index contributed by atoms with van der Waals surface area (Å²) in [5, 5.41) is 2.91. The van der Waals surface area contributed by atoms with Crippen molar-refractivity contribution in [1.29, 1.82) is 0 Å². The second-order valence-electron chi connectivity index (χ2n) is 6.38. The molecule has 1 aromatic heterocycles. The Bertz CT molecular complexity index is 908. The van der Waals surface area contributed by atoms with Gasteiger partial charge in [-0.05, 0) is 18.1 Å². The van der Waals surface area contributed by atoms with Crippen molar-refractivity contribution in [2.24, 2.45) is 5.92 Å². The van der Waals surface area contributed by atoms with Gasteiger partial charge in [0.1, 0.15) is 0 Å². The van der Waals surface area contributed by atoms with E-state index in [2.05, 4.69) is 10.3 Å². The first kappa shape index (κ1) is 19.4. The molecule has 1 N–H and O–H groups in total. The Labute approximate surface area is 164 Å². The zero-order chi connectivity index (χ0) is 19.8. The summed E-state index contributed by atoms with van der Waals surface area (Å²) in [6, 6.07) is 17.3. The van der Waals surface area contributed by atoms with E-state index in [9.17, 15) is 9.59 Å². The third-order valence-electron chi connectivity index (χ3n) is 4.27. The number of esters is 1. The molecular weight excluding hydrogens is 354 g/mol. The van der Waals surface area contributed by atoms with Crippen LogP contribution in [0.3, 0.4) is 0 Å². The normalized spacial score (nSPS) is 11.6. The molecule has 0 aliphatic carbocycles. The Morgan fingerprint density at radius 3 is 2.57 bits per heavy atom. The lowest BCUT2D eigenvalue weighted by atomic mass is 10.0. The lowest BCUT2D eigenvalue weighted by Crippen LogP contribution is -2.34. The fourth-order valence-corrected chi connectivity index (χ4v) is 2.85. The minimum absolute atomic E-state index is 0.169. The van der Waals surface area contributed by atoms with Crippen molar-refractivity contribution in [2.75, 3.05) is 11.9 Å². The quantitative estimate of drug-likeness (QED) is 0.479. The van der Waals surface area contributed by atoms with Gasteiger partial charge in [0, 0.05) is 30.2 Å². The van der Waals surface area contributed by atoms with Crippen LogP contribution in [-0.2, 0) is 20.9 Å². The molecule has 0 fully saturated rings. The van der Waals surface area contributed by atoms with E-state index >= 15 is 0 Å². The van der Waals surface area contributed by atoms with Crippen molar-refractivity contribution in [3.8, 4) is 11.1 Å². The predicted octanol–water partition coefficient (Wildman–Crippen LogP) is 3.76. The van der Waals surface area contributed by atoms with Crippen LogP contribution in [0.2, 0.25) is 0 Å². The molecule has 0 aliphatic heterocycles. The topological polar surface area (TPSA) is 73.2 Å². The number of carbonyl (C=O) groups is 2. The smallest absolute Gasteiger partial charge is 0.320 e. The molecule has 3 rings (SSSR count). The highest BCUT2D eigenvalue weighted by atomic mass is 16.5. The van der Waals surface area contributed by atoms with Crippen LogP contribution in [0, 0.1) is 5.92 Å². The summed E-state index contributed by atoms with van der Waals surface area (Å²) in [7, 11) is 0. The summed E-state index contributed by atoms with van der Waals surface area (Å²) in [6.07, 6.45) is 5.59. The Morgan fingerprint density at radius 1 is 1.11 bits per heavy atom. The second kappa shape index (κ2) is 9.50. The number of carbonyl (C=O) groups excluding carboxylic acids is 2. The molecule has 0 spiro atoms. The Balaban J connectivity index is 1.83. The highest BCUT2D eigenvalue weighted by Crippen LogP contribution is 2.28. The molecule has 1 atom stereocenters. The van der Waals surface area contributed by atoms with Crippen LogP contribution in [-0.4, -0.2) is 28.0 Å². The van der Waals surface area contributed by atoms with E-state index in [0.717, 1.165) is 11.1 Å². The van der Waals surface area contributed by atoms with E-state index < -0.39 is 17.8 Å². The van der Waals surface area contributed by atoms with E-state index in [4.69, 9.17) is 4.74 Å². The van der Waals surface area contributed by atoms with Crippen LogP contribution in [0.25, 0.3) is 11.1 Å². The average Bonchev–Trinajstić information content (AvgIpc) is 3.24. The van der Waals surface area contributed by atoms with Crippen LogP contribution in [0.15, 0.2) is 73.3 Å². The van der Waals surface area contributed by atoms with Crippen LogP contribution >= 0.6 is 0 Å². The zero-order valence-electron chi connectivity index (χ0n) is 15.7. The highest BCUT2D eigenvalue weighted by Gasteiger charge is 2.29. The SMILES string of the molecule is CCCOC(=O)[C@@H](Cn1ccnc1)C(=O)Nc1ccccc1-c1ccccc1. The number of amides is 1. The Morgan fingerprint density at radius 2 is 1.86 bits per heavy atom. The summed E-state index contributed by atoms with van der Waals surface area (Å²) in [5.74, 6) is -1.91. The second-order valence-corrected chi connectivity index (χ2v) is 6.38. The van der Waals surface area contributed by atoms with Crippen LogP contribution < -0.4 is 5.32 Å². The molecule has 2 aromatic carbocycles. The van der Waals surface area contributed by atoms with Crippen molar-refractivity contribution in [3.63, 3.8) is 0 Å². The average molecular weight is 377 g/mol. The van der Waals surface area contributed by atoms with Crippen molar-refractivity contribution in [2.45, 2.75) is 19.9 Å². The fraction of sp³-hybridized carbons (Fsp3) is 0.227. The summed E-state index contributed by atoms with van der Waals surface area (Å²) in [6.45, 7) is 2.36. The number of ether oxygens (including phenoxy) is 1. The maximum atomic E-state index is 13.0. The maximum absolute atomic E-state index is 13.0. The van der Waals surface area contributed by atoms with Crippen LogP contribution in [0.1, 0.15) is 13.3 Å². The lowest BCUT2D eigenvalue weighted by molar-refractivity contribution is -0.152. The standard InChI is InChI=1S/C22H23N3O3/c1-2-14-28-22(27)19(15-25-13-12-23-16-25)21(26)24-20-11-7-6-10-18(20)17-8-4-3-5-9-17/h3-13,16,19H,2,14-15H2,1H3,(H,24,26)/t19-/m0/s1. The summed E-state index contributed by atoms with van der Waals surface area (Å²) < 4.78 is 6.94. The molecule has 0 aliphatic rings. The molecule has 144 valence electrons. The van der Waals surface area contributed by atoms with Gasteiger partial charge in [-0.15, -0.1) is 0 Å². The van der Waals surface area contributed by atoms with E-state index in [1.165, 1.54) is 0 Å². The van der Waals surface area contributed by atoms with Gasteiger partial charge in [0.2, 0.25) is 5.91 Å². The number of hydrogen-bond acceptors (Lipinski definition) is 4. The first-order chi connectivity index (χ1) is 13.7. The number of para-hydroxylation sites is 1. The molecule has 6 nitrogen and oxygen atoms in total. The number of benzene rings is 2. The van der Waals surface area contributed by atoms with Gasteiger partial charge in [-0.2, -0.15) is 0 Å². The number of rotatable bonds is 8. The minimum Gasteiger partial charge on any atom is -0.465 e. The number of anilines is 1. The molecular formula is C22H23N3O3. The third kappa shape index (κ3) is 4.85. The Kier molecular flexibility index (Phi) is 6.57. The predicted molar refractivity (Wildman–Crippen MR) is 107 cm³/mol. The molecule has 0 bridgehead atoms. The van der Waals surface area contributed by atoms with Crippen molar-refractivity contribution in [3.05, 3.63) is 73.3 Å². The van der Waals surface area contributed by atoms with Crippen molar-refractivity contribution < 1.29 is 14.3 Å². The van der Waals surface area contributed by atoms with Crippen molar-refractivity contribution >= 4 is 17.6 Å². The maximum Gasteiger partial charge on any atom is 0.320 e. The molecule has 1 heterocycles. The largest absolute Gasteiger partial charge is 0.465 e. The van der Waals surface area contributed by atoms with E-state index in [1.54, 1.807) is 23.3 Å². The van der Waals surface area contributed by atoms with E-state index in [-0.39, 0.29) is 13.2 Å². The van der Waals surface area contributed by atoms with E-state index in [0.29, 0.717) is 12.1 Å². The molecule has 28 heavy (non-hydrogen) atoms. The summed E-state index contributed by atoms with van der Waals surface area (Å²) >= 11 is 0. The lowest BCUT2D eigenvalue weighted by Gasteiger charge is -2.18. The van der Waals surface area contributed by atoms with Crippen LogP contribution in [0.5, 0.6) is 0 Å². The van der Waals surface area contributed by atoms with Gasteiger partial charge in [-0.25, -0.2) is 4.98 Å². The molecule has 0 radical (unpaired) electrons. The number of nitrogens with one attached hydrogen (secondary N) is 1. The van der Waals surface area contributed by atoms with E-state index in [1.807, 2.05) is 61.5 Å². The number of aromatic nitrogens is 2. The van der Waals surface area contributed by atoms with Gasteiger partial charge in [0.05, 0.1) is 12.9 Å². The minimum atomic E-state index is -0.968. The van der Waals surface area contributed by atoms with Gasteiger partial charge in [-0.3, -0.25) is 9.59 Å². The monoisotopic (exact) mass is 377 g/mol. The highest BCUT2D eigenvalue weighted by molar-refractivity contribution is 6.06. The first-order valence-corrected chi connectivity index (χ1v) is 9.26. The summed E-state index contributed by atoms with van der Waals surface area (Å²) in [4.78, 5) is 29.5. The fourth-order valence-electron chi connectivity index (χ4n) is 2.85. The van der Waals surface area contributed by atoms with Gasteiger partial charge < -0.3 is 14.6 Å². The first-order valence-electron chi connectivity index (χ1n) is 9.26. The van der Waals surface area contributed by atoms with Gasteiger partial charge in [0.25, 0.3) is 0 Å². The molecule has 6 heteroatoms. The van der Waals surface area contributed by atoms with Gasteiger partial charge >= 0.3 is 5.97 Å². The molecule has 0 saturated carbocycles. The molecule has 1 amide bonds. The molecule has 0 saturated heterocycles. The molecule has 0 unspecified atom stereocenters. The number of imidazole rings is 1.